The number of carbonyl (C=O) groups is 1. The lowest BCUT2D eigenvalue weighted by atomic mass is 9.95. The van der Waals surface area contributed by atoms with Crippen LogP contribution in [0.3, 0.4) is 0 Å². The van der Waals surface area contributed by atoms with Crippen molar-refractivity contribution in [1.29, 1.82) is 0 Å². The molecule has 0 aliphatic carbocycles. The highest BCUT2D eigenvalue weighted by atomic mass is 16.6. The van der Waals surface area contributed by atoms with Gasteiger partial charge in [0.05, 0.1) is 0 Å². The summed E-state index contributed by atoms with van der Waals surface area (Å²) in [6.45, 7) is 5.38. The van der Waals surface area contributed by atoms with Crippen LogP contribution in [0.25, 0.3) is 0 Å². The Bertz CT molecular complexity index is 440. The number of rotatable bonds is 5. The maximum atomic E-state index is 12.0. The molecule has 0 aromatic heterocycles. The van der Waals surface area contributed by atoms with E-state index in [2.05, 4.69) is 0 Å². The first kappa shape index (κ1) is 13.4. The monoisotopic (exact) mass is 235 g/mol. The Labute approximate surface area is 101 Å². The highest BCUT2D eigenvalue weighted by Gasteiger charge is 2.17. The van der Waals surface area contributed by atoms with E-state index in [9.17, 15) is 14.9 Å². The molecule has 0 fully saturated rings. The predicted molar refractivity (Wildman–Crippen MR) is 65.9 cm³/mol. The second kappa shape index (κ2) is 5.57. The first-order chi connectivity index (χ1) is 7.90. The van der Waals surface area contributed by atoms with Gasteiger partial charge in [0, 0.05) is 22.8 Å². The minimum Gasteiger partial charge on any atom is -0.294 e. The largest absolute Gasteiger partial charge is 0.294 e. The lowest BCUT2D eigenvalue weighted by Gasteiger charge is -2.08. The molecule has 1 atom stereocenters. The number of nitrogens with zero attached hydrogens (tertiary/aromatic N) is 1. The number of aryl methyl sites for hydroxylation is 2. The normalized spacial score (nSPS) is 12.2. The van der Waals surface area contributed by atoms with Crippen molar-refractivity contribution in [2.45, 2.75) is 27.2 Å². The van der Waals surface area contributed by atoms with Crippen molar-refractivity contribution >= 4 is 5.78 Å². The molecule has 0 N–H and O–H groups in total. The molecule has 0 aliphatic heterocycles. The van der Waals surface area contributed by atoms with Crippen molar-refractivity contribution in [2.24, 2.45) is 5.92 Å². The van der Waals surface area contributed by atoms with Crippen LogP contribution in [0.4, 0.5) is 0 Å². The summed E-state index contributed by atoms with van der Waals surface area (Å²) in [5.41, 5.74) is 2.63. The molecule has 92 valence electrons. The van der Waals surface area contributed by atoms with Crippen LogP contribution < -0.4 is 0 Å². The highest BCUT2D eigenvalue weighted by molar-refractivity contribution is 5.97. The lowest BCUT2D eigenvalue weighted by Crippen LogP contribution is -2.15. The van der Waals surface area contributed by atoms with Crippen LogP contribution in [0, 0.1) is 29.9 Å². The minimum atomic E-state index is -0.374. The number of carbonyl (C=O) groups excluding carboxylic acids is 1. The van der Waals surface area contributed by atoms with Crippen LogP contribution in [0.1, 0.15) is 34.8 Å². The standard InChI is InChI=1S/C13H17NO3/c1-9-4-5-11(3)12(6-9)13(15)7-10(2)8-14(16)17/h4-6,10H,7-8H2,1-3H3. The second-order valence-electron chi connectivity index (χ2n) is 4.57. The number of Topliss-reactive ketones (excluding diaryl/α,β-unsaturated/α-hetero) is 1. The van der Waals surface area contributed by atoms with E-state index >= 15 is 0 Å². The summed E-state index contributed by atoms with van der Waals surface area (Å²) in [6, 6.07) is 5.70. The van der Waals surface area contributed by atoms with E-state index < -0.39 is 0 Å². The number of hydrogen-bond acceptors (Lipinski definition) is 3. The topological polar surface area (TPSA) is 60.2 Å². The van der Waals surface area contributed by atoms with Gasteiger partial charge in [-0.3, -0.25) is 14.9 Å². The Kier molecular flexibility index (Phi) is 4.37. The Morgan fingerprint density at radius 2 is 2.06 bits per heavy atom. The summed E-state index contributed by atoms with van der Waals surface area (Å²) in [6.07, 6.45) is 0.227. The van der Waals surface area contributed by atoms with Crippen LogP contribution in [-0.2, 0) is 0 Å². The average Bonchev–Trinajstić information content (AvgIpc) is 2.20. The number of benzene rings is 1. The molecule has 0 aliphatic rings. The summed E-state index contributed by atoms with van der Waals surface area (Å²) in [4.78, 5) is 22.0. The summed E-state index contributed by atoms with van der Waals surface area (Å²) in [7, 11) is 0. The quantitative estimate of drug-likeness (QED) is 0.448. The Morgan fingerprint density at radius 3 is 2.65 bits per heavy atom. The molecule has 1 aromatic rings. The van der Waals surface area contributed by atoms with Gasteiger partial charge in [-0.05, 0) is 25.5 Å². The average molecular weight is 235 g/mol. The molecule has 0 spiro atoms. The zero-order valence-electron chi connectivity index (χ0n) is 10.4. The number of ketones is 1. The van der Waals surface area contributed by atoms with Crippen LogP contribution in [0.2, 0.25) is 0 Å². The fourth-order valence-corrected chi connectivity index (χ4v) is 1.78. The van der Waals surface area contributed by atoms with Gasteiger partial charge in [-0.2, -0.15) is 0 Å². The van der Waals surface area contributed by atoms with E-state index in [0.717, 1.165) is 11.1 Å². The summed E-state index contributed by atoms with van der Waals surface area (Å²) < 4.78 is 0. The molecule has 0 saturated heterocycles. The van der Waals surface area contributed by atoms with Gasteiger partial charge in [0.15, 0.2) is 5.78 Å². The van der Waals surface area contributed by atoms with Crippen molar-refractivity contribution in [2.75, 3.05) is 6.54 Å². The molecule has 1 unspecified atom stereocenters. The molecule has 0 radical (unpaired) electrons. The molecule has 17 heavy (non-hydrogen) atoms. The molecule has 1 aromatic carbocycles. The fourth-order valence-electron chi connectivity index (χ4n) is 1.78. The molecule has 1 rings (SSSR count). The lowest BCUT2D eigenvalue weighted by molar-refractivity contribution is -0.487. The highest BCUT2D eigenvalue weighted by Crippen LogP contribution is 2.15. The van der Waals surface area contributed by atoms with Gasteiger partial charge in [-0.15, -0.1) is 0 Å². The molecular weight excluding hydrogens is 218 g/mol. The molecule has 0 saturated carbocycles. The Hall–Kier alpha value is -1.71. The van der Waals surface area contributed by atoms with E-state index in [4.69, 9.17) is 0 Å². The Balaban J connectivity index is 2.76. The van der Waals surface area contributed by atoms with Gasteiger partial charge < -0.3 is 0 Å². The zero-order valence-corrected chi connectivity index (χ0v) is 10.4. The van der Waals surface area contributed by atoms with Crippen LogP contribution in [-0.4, -0.2) is 17.3 Å². The first-order valence-electron chi connectivity index (χ1n) is 5.62. The van der Waals surface area contributed by atoms with Gasteiger partial charge in [-0.1, -0.05) is 24.6 Å². The van der Waals surface area contributed by atoms with Gasteiger partial charge in [0.25, 0.3) is 0 Å². The molecule has 0 amide bonds. The van der Waals surface area contributed by atoms with Crippen molar-refractivity contribution in [1.82, 2.24) is 0 Å². The third-order valence-corrected chi connectivity index (χ3v) is 2.69. The first-order valence-corrected chi connectivity index (χ1v) is 5.62. The zero-order chi connectivity index (χ0) is 13.0. The van der Waals surface area contributed by atoms with E-state index in [1.54, 1.807) is 6.92 Å². The number of nitro groups is 1. The minimum absolute atomic E-state index is 0.0134. The fraction of sp³-hybridized carbons (Fsp3) is 0.462. The van der Waals surface area contributed by atoms with Crippen LogP contribution in [0.5, 0.6) is 0 Å². The summed E-state index contributed by atoms with van der Waals surface area (Å²) >= 11 is 0. The van der Waals surface area contributed by atoms with Gasteiger partial charge in [0.1, 0.15) is 0 Å². The summed E-state index contributed by atoms with van der Waals surface area (Å²) in [5, 5.41) is 10.3. The molecule has 4 nitrogen and oxygen atoms in total. The Morgan fingerprint density at radius 1 is 1.41 bits per heavy atom. The van der Waals surface area contributed by atoms with Gasteiger partial charge >= 0.3 is 0 Å². The number of hydrogen-bond donors (Lipinski definition) is 0. The van der Waals surface area contributed by atoms with Crippen molar-refractivity contribution in [3.63, 3.8) is 0 Å². The van der Waals surface area contributed by atoms with E-state index in [0.29, 0.717) is 5.56 Å². The molecular formula is C13H17NO3. The third kappa shape index (κ3) is 3.98. The van der Waals surface area contributed by atoms with Gasteiger partial charge in [0.2, 0.25) is 6.54 Å². The van der Waals surface area contributed by atoms with Gasteiger partial charge in [-0.25, -0.2) is 0 Å². The van der Waals surface area contributed by atoms with Crippen LogP contribution >= 0.6 is 0 Å². The van der Waals surface area contributed by atoms with Crippen molar-refractivity contribution in [3.8, 4) is 0 Å². The maximum Gasteiger partial charge on any atom is 0.206 e. The maximum absolute atomic E-state index is 12.0. The molecule has 0 bridgehead atoms. The van der Waals surface area contributed by atoms with Crippen LogP contribution in [0.15, 0.2) is 18.2 Å². The predicted octanol–water partition coefficient (Wildman–Crippen LogP) is 2.79. The SMILES string of the molecule is Cc1ccc(C)c(C(=O)CC(C)C[N+](=O)[O-])c1. The summed E-state index contributed by atoms with van der Waals surface area (Å²) in [5.74, 6) is -0.238. The second-order valence-corrected chi connectivity index (χ2v) is 4.57. The third-order valence-electron chi connectivity index (χ3n) is 2.69. The van der Waals surface area contributed by atoms with Crippen molar-refractivity contribution in [3.05, 3.63) is 45.0 Å². The smallest absolute Gasteiger partial charge is 0.206 e. The van der Waals surface area contributed by atoms with E-state index in [-0.39, 0.29) is 29.6 Å². The molecule has 0 heterocycles. The van der Waals surface area contributed by atoms with E-state index in [1.165, 1.54) is 0 Å². The van der Waals surface area contributed by atoms with Crippen molar-refractivity contribution < 1.29 is 9.72 Å². The van der Waals surface area contributed by atoms with E-state index in [1.807, 2.05) is 32.0 Å². The molecule has 4 heteroatoms.